The molecule has 1 aliphatic rings. The first-order valence-electron chi connectivity index (χ1n) is 22.3. The summed E-state index contributed by atoms with van der Waals surface area (Å²) in [5.74, 6) is -1.92. The Bertz CT molecular complexity index is 2130. The van der Waals surface area contributed by atoms with Gasteiger partial charge in [0.25, 0.3) is 11.1 Å². The van der Waals surface area contributed by atoms with Gasteiger partial charge in [-0.2, -0.15) is 0 Å². The standard InChI is InChI=1S/C49H66N6O10/c1-48(2,3)64-46(60)35-52-27-25-50(33-40-19-13-21-43(56)54(40)62-36-38-15-9-7-10-16-38)29-31-53(42(23-24-45(58)59)47(61)65-49(4,5)6)32-30-51(26-28-52)34-41-20-14-22-44(57)55(41)63-37-39-17-11-8-12-18-39/h7-22,42H,23-37H2,1-6H3,(H,58,59). The van der Waals surface area contributed by atoms with Crippen molar-refractivity contribution < 1.29 is 38.6 Å². The van der Waals surface area contributed by atoms with Gasteiger partial charge < -0.3 is 24.3 Å². The Morgan fingerprint density at radius 3 is 1.43 bits per heavy atom. The van der Waals surface area contributed by atoms with Crippen molar-refractivity contribution in [3.8, 4) is 0 Å². The van der Waals surface area contributed by atoms with Crippen molar-refractivity contribution >= 4 is 17.9 Å². The van der Waals surface area contributed by atoms with Crippen LogP contribution in [0.3, 0.4) is 0 Å². The molecule has 0 saturated carbocycles. The van der Waals surface area contributed by atoms with E-state index in [2.05, 4.69) is 9.80 Å². The molecule has 3 heterocycles. The van der Waals surface area contributed by atoms with Crippen molar-refractivity contribution in [3.63, 3.8) is 0 Å². The van der Waals surface area contributed by atoms with Crippen molar-refractivity contribution in [1.29, 1.82) is 0 Å². The second-order valence-electron chi connectivity index (χ2n) is 18.3. The number of aromatic nitrogens is 2. The summed E-state index contributed by atoms with van der Waals surface area (Å²) in [5, 5.41) is 9.81. The molecule has 1 fully saturated rings. The van der Waals surface area contributed by atoms with Gasteiger partial charge in [-0.15, -0.1) is 9.46 Å². The number of aliphatic carboxylic acids is 1. The third kappa shape index (κ3) is 17.3. The summed E-state index contributed by atoms with van der Waals surface area (Å²) < 4.78 is 14.3. The van der Waals surface area contributed by atoms with Crippen molar-refractivity contribution in [2.45, 2.75) is 97.9 Å². The molecule has 2 aromatic heterocycles. The molecule has 5 rings (SSSR count). The highest BCUT2D eigenvalue weighted by Gasteiger charge is 2.32. The second-order valence-corrected chi connectivity index (χ2v) is 18.3. The number of carbonyl (C=O) groups is 3. The average molecular weight is 899 g/mol. The summed E-state index contributed by atoms with van der Waals surface area (Å²) in [6, 6.07) is 28.2. The van der Waals surface area contributed by atoms with Crippen LogP contribution in [0, 0.1) is 0 Å². The number of nitrogens with zero attached hydrogens (tertiary/aromatic N) is 6. The van der Waals surface area contributed by atoms with Crippen molar-refractivity contribution in [3.05, 3.63) is 140 Å². The first-order chi connectivity index (χ1) is 30.9. The van der Waals surface area contributed by atoms with E-state index in [4.69, 9.17) is 19.1 Å². The van der Waals surface area contributed by atoms with Gasteiger partial charge in [0.05, 0.1) is 17.9 Å². The minimum absolute atomic E-state index is 0.0189. The van der Waals surface area contributed by atoms with Gasteiger partial charge in [-0.25, -0.2) is 0 Å². The minimum Gasteiger partial charge on any atom is -0.481 e. The largest absolute Gasteiger partial charge is 0.481 e. The molecule has 1 N–H and O–H groups in total. The van der Waals surface area contributed by atoms with Crippen molar-refractivity contribution in [2.24, 2.45) is 0 Å². The maximum atomic E-state index is 14.0. The molecule has 1 saturated heterocycles. The van der Waals surface area contributed by atoms with Gasteiger partial charge in [0.1, 0.15) is 30.5 Å². The number of benzene rings is 2. The molecule has 0 spiro atoms. The summed E-state index contributed by atoms with van der Waals surface area (Å²) in [6.45, 7) is 14.9. The first-order valence-corrected chi connectivity index (χ1v) is 22.3. The molecule has 0 radical (unpaired) electrons. The summed E-state index contributed by atoms with van der Waals surface area (Å²) in [4.78, 5) is 86.5. The number of rotatable bonds is 17. The van der Waals surface area contributed by atoms with E-state index in [-0.39, 0.29) is 62.8 Å². The van der Waals surface area contributed by atoms with Crippen molar-refractivity contribution in [1.82, 2.24) is 29.1 Å². The molecule has 4 aromatic rings. The van der Waals surface area contributed by atoms with Gasteiger partial charge >= 0.3 is 17.9 Å². The highest BCUT2D eigenvalue weighted by Crippen LogP contribution is 2.18. The number of carboxylic acids is 1. The molecule has 16 nitrogen and oxygen atoms in total. The molecular formula is C49H66N6O10. The van der Waals surface area contributed by atoms with E-state index < -0.39 is 29.2 Å². The molecule has 16 heteroatoms. The molecule has 352 valence electrons. The first kappa shape index (κ1) is 50.2. The molecule has 1 aliphatic heterocycles. The Hall–Kier alpha value is -5.81. The summed E-state index contributed by atoms with van der Waals surface area (Å²) >= 11 is 0. The fourth-order valence-corrected chi connectivity index (χ4v) is 7.42. The maximum Gasteiger partial charge on any atom is 0.323 e. The van der Waals surface area contributed by atoms with Crippen LogP contribution in [0.1, 0.15) is 76.9 Å². The fourth-order valence-electron chi connectivity index (χ4n) is 7.42. The van der Waals surface area contributed by atoms with Gasteiger partial charge in [-0.05, 0) is 71.2 Å². The number of pyridine rings is 2. The van der Waals surface area contributed by atoms with Gasteiger partial charge in [-0.1, -0.05) is 72.8 Å². The lowest BCUT2D eigenvalue weighted by Gasteiger charge is -2.37. The van der Waals surface area contributed by atoms with E-state index in [1.54, 1.807) is 32.9 Å². The van der Waals surface area contributed by atoms with Gasteiger partial charge in [0.2, 0.25) is 0 Å². The summed E-state index contributed by atoms with van der Waals surface area (Å²) in [7, 11) is 0. The Morgan fingerprint density at radius 2 is 1.00 bits per heavy atom. The lowest BCUT2D eigenvalue weighted by atomic mass is 10.1. The molecule has 0 bridgehead atoms. The van der Waals surface area contributed by atoms with E-state index >= 15 is 0 Å². The molecular weight excluding hydrogens is 833 g/mol. The van der Waals surface area contributed by atoms with Crippen LogP contribution in [0.4, 0.5) is 0 Å². The lowest BCUT2D eigenvalue weighted by molar-refractivity contribution is -0.162. The molecule has 1 unspecified atom stereocenters. The van der Waals surface area contributed by atoms with E-state index in [9.17, 15) is 29.1 Å². The number of ether oxygens (including phenoxy) is 2. The molecule has 1 atom stereocenters. The Labute approximate surface area is 381 Å². The monoisotopic (exact) mass is 898 g/mol. The molecule has 65 heavy (non-hydrogen) atoms. The van der Waals surface area contributed by atoms with Gasteiger partial charge in [-0.3, -0.25) is 43.6 Å². The Balaban J connectivity index is 1.49. The van der Waals surface area contributed by atoms with Gasteiger partial charge in [0, 0.05) is 84.0 Å². The van der Waals surface area contributed by atoms with Crippen molar-refractivity contribution in [2.75, 3.05) is 58.9 Å². The zero-order valence-electron chi connectivity index (χ0n) is 38.7. The number of hydrogen-bond donors (Lipinski definition) is 1. The van der Waals surface area contributed by atoms with Crippen LogP contribution in [0.5, 0.6) is 0 Å². The van der Waals surface area contributed by atoms with Gasteiger partial charge in [0.15, 0.2) is 0 Å². The summed E-state index contributed by atoms with van der Waals surface area (Å²) in [6.07, 6.45) is -0.234. The van der Waals surface area contributed by atoms with E-state index in [1.165, 1.54) is 21.6 Å². The van der Waals surface area contributed by atoms with E-state index in [0.29, 0.717) is 63.7 Å². The predicted molar refractivity (Wildman–Crippen MR) is 246 cm³/mol. The maximum absolute atomic E-state index is 14.0. The SMILES string of the molecule is CC(C)(C)OC(=O)CN1CCN(Cc2cccc(=O)n2OCc2ccccc2)CCN(C(CCC(=O)O)C(=O)OC(C)(C)C)CCN(Cc2cccc(=O)n2OCc2ccccc2)CC1. The van der Waals surface area contributed by atoms with Crippen LogP contribution < -0.4 is 20.8 Å². The quantitative estimate of drug-likeness (QED) is 0.151. The number of carbonyl (C=O) groups excluding carboxylic acids is 2. The fraction of sp³-hybridized carbons (Fsp3) is 0.490. The smallest absolute Gasteiger partial charge is 0.323 e. The molecule has 0 amide bonds. The topological polar surface area (TPSA) is 165 Å². The zero-order chi connectivity index (χ0) is 47.0. The summed E-state index contributed by atoms with van der Waals surface area (Å²) in [5.41, 5.74) is 0.839. The van der Waals surface area contributed by atoms with Crippen LogP contribution in [-0.4, -0.2) is 128 Å². The van der Waals surface area contributed by atoms with Crippen LogP contribution in [-0.2, 0) is 50.2 Å². The molecule has 0 aliphatic carbocycles. The van der Waals surface area contributed by atoms with Crippen LogP contribution in [0.2, 0.25) is 0 Å². The minimum atomic E-state index is -1.03. The normalized spacial score (nSPS) is 15.8. The highest BCUT2D eigenvalue weighted by molar-refractivity contribution is 5.77. The number of hydrogen-bond acceptors (Lipinski definition) is 13. The Kier molecular flexibility index (Phi) is 18.5. The number of esters is 2. The number of carboxylic acid groups (broad SMARTS) is 1. The third-order valence-electron chi connectivity index (χ3n) is 10.6. The van der Waals surface area contributed by atoms with Crippen LogP contribution in [0.25, 0.3) is 0 Å². The predicted octanol–water partition coefficient (Wildman–Crippen LogP) is 4.11. The van der Waals surface area contributed by atoms with E-state index in [1.807, 2.05) is 103 Å². The third-order valence-corrected chi connectivity index (χ3v) is 10.6. The van der Waals surface area contributed by atoms with E-state index in [0.717, 1.165) is 11.1 Å². The highest BCUT2D eigenvalue weighted by atomic mass is 16.7. The van der Waals surface area contributed by atoms with Crippen LogP contribution >= 0.6 is 0 Å². The second kappa shape index (κ2) is 23.9. The average Bonchev–Trinajstić information content (AvgIpc) is 3.23. The molecule has 2 aromatic carbocycles. The lowest BCUT2D eigenvalue weighted by Crippen LogP contribution is -2.52. The zero-order valence-corrected chi connectivity index (χ0v) is 38.7. The van der Waals surface area contributed by atoms with Crippen LogP contribution in [0.15, 0.2) is 107 Å². The Morgan fingerprint density at radius 1 is 0.569 bits per heavy atom.